The minimum absolute atomic E-state index is 0.216. The molecule has 2 N–H and O–H groups in total. The van der Waals surface area contributed by atoms with Gasteiger partial charge in [0.05, 0.1) is 11.9 Å². The third kappa shape index (κ3) is 2.73. The van der Waals surface area contributed by atoms with E-state index in [2.05, 4.69) is 27.3 Å². The number of piperazine rings is 1. The lowest BCUT2D eigenvalue weighted by atomic mass is 10.1. The van der Waals surface area contributed by atoms with Gasteiger partial charge in [-0.2, -0.15) is 5.10 Å². The first-order valence-electron chi connectivity index (χ1n) is 6.97. The van der Waals surface area contributed by atoms with Crippen LogP contribution in [-0.4, -0.2) is 40.8 Å². The number of H-pyrrole nitrogens is 1. The Kier molecular flexibility index (Phi) is 3.80. The highest BCUT2D eigenvalue weighted by Gasteiger charge is 2.18. The molecule has 2 heterocycles. The summed E-state index contributed by atoms with van der Waals surface area (Å²) in [5, 5.41) is 10.4. The number of hydrogen-bond acceptors (Lipinski definition) is 3. The third-order valence-electron chi connectivity index (χ3n) is 3.71. The van der Waals surface area contributed by atoms with E-state index in [1.165, 1.54) is 6.07 Å². The Morgan fingerprint density at radius 3 is 3.05 bits per heavy atom. The van der Waals surface area contributed by atoms with Crippen molar-refractivity contribution in [3.8, 4) is 11.3 Å². The van der Waals surface area contributed by atoms with Crippen LogP contribution < -0.4 is 5.32 Å². The normalized spacial score (nSPS) is 20.2. The van der Waals surface area contributed by atoms with Gasteiger partial charge in [-0.15, -0.1) is 0 Å². The van der Waals surface area contributed by atoms with E-state index in [0.717, 1.165) is 37.4 Å². The summed E-state index contributed by atoms with van der Waals surface area (Å²) in [7, 11) is 0. The third-order valence-corrected chi connectivity index (χ3v) is 3.71. The second-order valence-corrected chi connectivity index (χ2v) is 5.34. The van der Waals surface area contributed by atoms with Gasteiger partial charge in [0.2, 0.25) is 0 Å². The summed E-state index contributed by atoms with van der Waals surface area (Å²) >= 11 is 0. The molecular formula is C15H19FN4. The minimum Gasteiger partial charge on any atom is -0.312 e. The van der Waals surface area contributed by atoms with E-state index in [4.69, 9.17) is 0 Å². The molecule has 1 aliphatic rings. The van der Waals surface area contributed by atoms with E-state index >= 15 is 0 Å². The molecule has 0 bridgehead atoms. The van der Waals surface area contributed by atoms with Crippen molar-refractivity contribution in [2.75, 3.05) is 19.6 Å². The van der Waals surface area contributed by atoms with Gasteiger partial charge in [0, 0.05) is 43.3 Å². The first-order chi connectivity index (χ1) is 9.74. The Morgan fingerprint density at radius 2 is 2.25 bits per heavy atom. The molecule has 0 amide bonds. The molecule has 1 fully saturated rings. The highest BCUT2D eigenvalue weighted by Crippen LogP contribution is 2.25. The number of halogens is 1. The second kappa shape index (κ2) is 5.73. The predicted molar refractivity (Wildman–Crippen MR) is 76.7 cm³/mol. The highest BCUT2D eigenvalue weighted by molar-refractivity contribution is 5.63. The minimum atomic E-state index is -0.216. The lowest BCUT2D eigenvalue weighted by Crippen LogP contribution is -2.48. The van der Waals surface area contributed by atoms with Gasteiger partial charge < -0.3 is 5.32 Å². The fourth-order valence-electron chi connectivity index (χ4n) is 2.72. The Balaban J connectivity index is 1.82. The lowest BCUT2D eigenvalue weighted by Gasteiger charge is -2.31. The Labute approximate surface area is 118 Å². The van der Waals surface area contributed by atoms with Crippen molar-refractivity contribution in [2.45, 2.75) is 19.5 Å². The number of aromatic amines is 1. The summed E-state index contributed by atoms with van der Waals surface area (Å²) in [5.41, 5.74) is 2.42. The van der Waals surface area contributed by atoms with Crippen LogP contribution in [0.1, 0.15) is 12.5 Å². The number of nitrogens with zero attached hydrogens (tertiary/aromatic N) is 2. The molecule has 1 aliphatic heterocycles. The SMILES string of the molecule is C[C@@H]1CN(Cc2cn[nH]c2-c2ccccc2F)CCN1. The maximum atomic E-state index is 13.9. The number of hydrogen-bond donors (Lipinski definition) is 2. The molecule has 0 unspecified atom stereocenters. The average molecular weight is 274 g/mol. The number of benzene rings is 1. The molecule has 3 rings (SSSR count). The molecule has 20 heavy (non-hydrogen) atoms. The molecule has 5 heteroatoms. The van der Waals surface area contributed by atoms with Gasteiger partial charge >= 0.3 is 0 Å². The maximum Gasteiger partial charge on any atom is 0.132 e. The van der Waals surface area contributed by atoms with Gasteiger partial charge in [-0.05, 0) is 19.1 Å². The topological polar surface area (TPSA) is 44.0 Å². The van der Waals surface area contributed by atoms with Crippen molar-refractivity contribution < 1.29 is 4.39 Å². The van der Waals surface area contributed by atoms with Crippen molar-refractivity contribution in [1.29, 1.82) is 0 Å². The van der Waals surface area contributed by atoms with Crippen LogP contribution in [0.25, 0.3) is 11.3 Å². The standard InChI is InChI=1S/C15H19FN4/c1-11-9-20(7-6-17-11)10-12-8-18-19-15(12)13-4-2-3-5-14(13)16/h2-5,8,11,17H,6-7,9-10H2,1H3,(H,18,19)/t11-/m1/s1. The smallest absolute Gasteiger partial charge is 0.132 e. The van der Waals surface area contributed by atoms with E-state index in [0.29, 0.717) is 11.6 Å². The van der Waals surface area contributed by atoms with Gasteiger partial charge in [-0.1, -0.05) is 12.1 Å². The lowest BCUT2D eigenvalue weighted by molar-refractivity contribution is 0.200. The Morgan fingerprint density at radius 1 is 1.40 bits per heavy atom. The quantitative estimate of drug-likeness (QED) is 0.900. The first-order valence-corrected chi connectivity index (χ1v) is 6.97. The second-order valence-electron chi connectivity index (χ2n) is 5.34. The van der Waals surface area contributed by atoms with E-state index in [-0.39, 0.29) is 5.82 Å². The molecular weight excluding hydrogens is 255 g/mol. The van der Waals surface area contributed by atoms with Crippen molar-refractivity contribution in [3.63, 3.8) is 0 Å². The molecule has 1 aromatic heterocycles. The summed E-state index contributed by atoms with van der Waals surface area (Å²) in [6.45, 7) is 5.98. The average Bonchev–Trinajstić information content (AvgIpc) is 2.87. The van der Waals surface area contributed by atoms with Crippen LogP contribution in [-0.2, 0) is 6.54 Å². The van der Waals surface area contributed by atoms with Crippen molar-refractivity contribution >= 4 is 0 Å². The van der Waals surface area contributed by atoms with Gasteiger partial charge in [0.25, 0.3) is 0 Å². The molecule has 106 valence electrons. The fourth-order valence-corrected chi connectivity index (χ4v) is 2.72. The monoisotopic (exact) mass is 274 g/mol. The van der Waals surface area contributed by atoms with E-state index < -0.39 is 0 Å². The van der Waals surface area contributed by atoms with Crippen LogP contribution in [0.15, 0.2) is 30.5 Å². The zero-order valence-electron chi connectivity index (χ0n) is 11.6. The molecule has 4 nitrogen and oxygen atoms in total. The zero-order valence-corrected chi connectivity index (χ0v) is 11.6. The maximum absolute atomic E-state index is 13.9. The van der Waals surface area contributed by atoms with Crippen molar-refractivity contribution in [3.05, 3.63) is 41.8 Å². The van der Waals surface area contributed by atoms with E-state index in [1.54, 1.807) is 18.3 Å². The van der Waals surface area contributed by atoms with Crippen molar-refractivity contribution in [1.82, 2.24) is 20.4 Å². The van der Waals surface area contributed by atoms with Gasteiger partial charge in [-0.3, -0.25) is 10.00 Å². The first kappa shape index (κ1) is 13.3. The fraction of sp³-hybridized carbons (Fsp3) is 0.400. The summed E-state index contributed by atoms with van der Waals surface area (Å²) in [5.74, 6) is -0.216. The summed E-state index contributed by atoms with van der Waals surface area (Å²) in [4.78, 5) is 2.37. The van der Waals surface area contributed by atoms with Crippen LogP contribution >= 0.6 is 0 Å². The molecule has 0 aliphatic carbocycles. The summed E-state index contributed by atoms with van der Waals surface area (Å²) < 4.78 is 13.9. The Hall–Kier alpha value is -1.72. The number of nitrogens with one attached hydrogen (secondary N) is 2. The largest absolute Gasteiger partial charge is 0.312 e. The molecule has 0 saturated carbocycles. The molecule has 0 radical (unpaired) electrons. The van der Waals surface area contributed by atoms with Crippen LogP contribution in [0.2, 0.25) is 0 Å². The van der Waals surface area contributed by atoms with Gasteiger partial charge in [-0.25, -0.2) is 4.39 Å². The van der Waals surface area contributed by atoms with Crippen LogP contribution in [0, 0.1) is 5.82 Å². The van der Waals surface area contributed by atoms with Gasteiger partial charge in [0.15, 0.2) is 0 Å². The molecule has 2 aromatic rings. The zero-order chi connectivity index (χ0) is 13.9. The van der Waals surface area contributed by atoms with Crippen molar-refractivity contribution in [2.24, 2.45) is 0 Å². The van der Waals surface area contributed by atoms with E-state index in [9.17, 15) is 4.39 Å². The molecule has 1 atom stereocenters. The molecule has 0 spiro atoms. The highest BCUT2D eigenvalue weighted by atomic mass is 19.1. The summed E-state index contributed by atoms with van der Waals surface area (Å²) in [6, 6.07) is 7.30. The predicted octanol–water partition coefficient (Wildman–Crippen LogP) is 2.01. The summed E-state index contributed by atoms with van der Waals surface area (Å²) in [6.07, 6.45) is 1.80. The van der Waals surface area contributed by atoms with Crippen LogP contribution in [0.3, 0.4) is 0 Å². The van der Waals surface area contributed by atoms with Crippen LogP contribution in [0.5, 0.6) is 0 Å². The van der Waals surface area contributed by atoms with E-state index in [1.807, 2.05) is 6.07 Å². The van der Waals surface area contributed by atoms with Crippen LogP contribution in [0.4, 0.5) is 4.39 Å². The Bertz CT molecular complexity index is 581. The number of aromatic nitrogens is 2. The molecule has 1 aromatic carbocycles. The molecule has 1 saturated heterocycles. The van der Waals surface area contributed by atoms with Gasteiger partial charge in [0.1, 0.15) is 5.82 Å². The number of rotatable bonds is 3.